The van der Waals surface area contributed by atoms with Gasteiger partial charge in [-0.05, 0) is 30.3 Å². The lowest BCUT2D eigenvalue weighted by molar-refractivity contribution is 0.111. The van der Waals surface area contributed by atoms with Crippen LogP contribution >= 0.6 is 11.6 Å². The summed E-state index contributed by atoms with van der Waals surface area (Å²) in [5, 5.41) is 0.519. The van der Waals surface area contributed by atoms with Gasteiger partial charge in [0.25, 0.3) is 0 Å². The van der Waals surface area contributed by atoms with Crippen molar-refractivity contribution >= 4 is 17.9 Å². The number of aldehydes is 1. The van der Waals surface area contributed by atoms with E-state index in [1.54, 1.807) is 29.9 Å². The Balaban J connectivity index is 2.49. The SMILES string of the molecule is COc1ccc(-n2cccc2C=O)cc1Cl. The second-order valence-corrected chi connectivity index (χ2v) is 3.65. The molecule has 0 atom stereocenters. The van der Waals surface area contributed by atoms with E-state index in [0.29, 0.717) is 16.5 Å². The van der Waals surface area contributed by atoms with E-state index >= 15 is 0 Å². The van der Waals surface area contributed by atoms with Gasteiger partial charge in [0.05, 0.1) is 17.8 Å². The summed E-state index contributed by atoms with van der Waals surface area (Å²) >= 11 is 6.02. The van der Waals surface area contributed by atoms with E-state index in [1.165, 1.54) is 0 Å². The maximum absolute atomic E-state index is 10.8. The second-order valence-electron chi connectivity index (χ2n) is 3.24. The number of ether oxygens (including phenoxy) is 1. The molecule has 0 saturated heterocycles. The van der Waals surface area contributed by atoms with Crippen LogP contribution in [0.3, 0.4) is 0 Å². The Morgan fingerprint density at radius 2 is 2.19 bits per heavy atom. The number of rotatable bonds is 3. The fraction of sp³-hybridized carbons (Fsp3) is 0.0833. The molecule has 4 heteroatoms. The van der Waals surface area contributed by atoms with Crippen LogP contribution in [0.5, 0.6) is 5.75 Å². The van der Waals surface area contributed by atoms with E-state index in [1.807, 2.05) is 18.3 Å². The molecule has 0 bridgehead atoms. The van der Waals surface area contributed by atoms with Crippen LogP contribution in [0.2, 0.25) is 5.02 Å². The lowest BCUT2D eigenvalue weighted by atomic mass is 10.3. The number of aromatic nitrogens is 1. The summed E-state index contributed by atoms with van der Waals surface area (Å²) < 4.78 is 6.83. The van der Waals surface area contributed by atoms with Crippen LogP contribution < -0.4 is 4.74 Å². The highest BCUT2D eigenvalue weighted by atomic mass is 35.5. The first-order chi connectivity index (χ1) is 7.76. The van der Waals surface area contributed by atoms with Crippen molar-refractivity contribution in [3.8, 4) is 11.4 Å². The summed E-state index contributed by atoms with van der Waals surface area (Å²) in [5.41, 5.74) is 1.42. The molecule has 0 aliphatic carbocycles. The Morgan fingerprint density at radius 3 is 2.81 bits per heavy atom. The summed E-state index contributed by atoms with van der Waals surface area (Å²) in [7, 11) is 1.56. The summed E-state index contributed by atoms with van der Waals surface area (Å²) in [5.74, 6) is 0.616. The Kier molecular flexibility index (Phi) is 2.97. The molecule has 82 valence electrons. The van der Waals surface area contributed by atoms with Gasteiger partial charge in [0.15, 0.2) is 6.29 Å². The number of benzene rings is 1. The zero-order valence-corrected chi connectivity index (χ0v) is 9.44. The van der Waals surface area contributed by atoms with Crippen molar-refractivity contribution in [2.24, 2.45) is 0 Å². The molecule has 2 aromatic rings. The summed E-state index contributed by atoms with van der Waals surface area (Å²) in [6, 6.07) is 8.92. The Morgan fingerprint density at radius 1 is 1.38 bits per heavy atom. The second kappa shape index (κ2) is 4.41. The van der Waals surface area contributed by atoms with Crippen LogP contribution in [0.1, 0.15) is 10.5 Å². The van der Waals surface area contributed by atoms with E-state index in [0.717, 1.165) is 12.0 Å². The number of halogens is 1. The first-order valence-corrected chi connectivity index (χ1v) is 5.10. The molecule has 1 aromatic heterocycles. The molecule has 0 N–H and O–H groups in total. The number of methoxy groups -OCH3 is 1. The monoisotopic (exact) mass is 235 g/mol. The third kappa shape index (κ3) is 1.82. The van der Waals surface area contributed by atoms with Crippen molar-refractivity contribution in [3.63, 3.8) is 0 Å². The molecule has 0 aliphatic rings. The van der Waals surface area contributed by atoms with Crippen LogP contribution in [-0.2, 0) is 0 Å². The molecule has 0 aliphatic heterocycles. The lowest BCUT2D eigenvalue weighted by Gasteiger charge is -2.08. The Labute approximate surface area is 98.2 Å². The highest BCUT2D eigenvalue weighted by molar-refractivity contribution is 6.32. The molecular formula is C12H10ClNO2. The highest BCUT2D eigenvalue weighted by Crippen LogP contribution is 2.27. The number of hydrogen-bond acceptors (Lipinski definition) is 2. The zero-order chi connectivity index (χ0) is 11.5. The molecule has 1 aromatic carbocycles. The van der Waals surface area contributed by atoms with Gasteiger partial charge in [-0.25, -0.2) is 0 Å². The van der Waals surface area contributed by atoms with Gasteiger partial charge in [0.2, 0.25) is 0 Å². The van der Waals surface area contributed by atoms with E-state index in [-0.39, 0.29) is 0 Å². The third-order valence-corrected chi connectivity index (χ3v) is 2.61. The minimum absolute atomic E-state index is 0.519. The first kappa shape index (κ1) is 10.8. The van der Waals surface area contributed by atoms with E-state index in [9.17, 15) is 4.79 Å². The van der Waals surface area contributed by atoms with Crippen LogP contribution in [0.25, 0.3) is 5.69 Å². The van der Waals surface area contributed by atoms with Gasteiger partial charge in [-0.3, -0.25) is 4.79 Å². The van der Waals surface area contributed by atoms with Crippen molar-refractivity contribution in [2.75, 3.05) is 7.11 Å². The zero-order valence-electron chi connectivity index (χ0n) is 8.68. The van der Waals surface area contributed by atoms with Gasteiger partial charge in [-0.2, -0.15) is 0 Å². The van der Waals surface area contributed by atoms with Gasteiger partial charge in [-0.15, -0.1) is 0 Å². The highest BCUT2D eigenvalue weighted by Gasteiger charge is 2.05. The fourth-order valence-electron chi connectivity index (χ4n) is 1.53. The third-order valence-electron chi connectivity index (χ3n) is 2.31. The molecular weight excluding hydrogens is 226 g/mol. The van der Waals surface area contributed by atoms with Crippen molar-refractivity contribution in [1.29, 1.82) is 0 Å². The molecule has 0 saturated carbocycles. The predicted octanol–water partition coefficient (Wildman–Crippen LogP) is 2.95. The van der Waals surface area contributed by atoms with Crippen LogP contribution in [0.15, 0.2) is 36.5 Å². The van der Waals surface area contributed by atoms with Gasteiger partial charge in [0, 0.05) is 11.9 Å². The van der Waals surface area contributed by atoms with E-state index < -0.39 is 0 Å². The number of nitrogens with zero attached hydrogens (tertiary/aromatic N) is 1. The predicted molar refractivity (Wildman–Crippen MR) is 62.7 cm³/mol. The minimum Gasteiger partial charge on any atom is -0.495 e. The standard InChI is InChI=1S/C12H10ClNO2/c1-16-12-5-4-9(7-11(12)13)14-6-2-3-10(14)8-15/h2-8H,1H3. The largest absolute Gasteiger partial charge is 0.495 e. The van der Waals surface area contributed by atoms with Crippen LogP contribution in [0.4, 0.5) is 0 Å². The lowest BCUT2D eigenvalue weighted by Crippen LogP contribution is -1.97. The van der Waals surface area contributed by atoms with E-state index in [4.69, 9.17) is 16.3 Å². The minimum atomic E-state index is 0.519. The number of carbonyl (C=O) groups excluding carboxylic acids is 1. The summed E-state index contributed by atoms with van der Waals surface area (Å²) in [6.07, 6.45) is 2.61. The van der Waals surface area contributed by atoms with Gasteiger partial charge in [-0.1, -0.05) is 11.6 Å². The average molecular weight is 236 g/mol. The maximum Gasteiger partial charge on any atom is 0.166 e. The number of carbonyl (C=O) groups is 1. The van der Waals surface area contributed by atoms with Crippen molar-refractivity contribution in [2.45, 2.75) is 0 Å². The van der Waals surface area contributed by atoms with Gasteiger partial charge < -0.3 is 9.30 Å². The normalized spacial score (nSPS) is 10.1. The van der Waals surface area contributed by atoms with Gasteiger partial charge >= 0.3 is 0 Å². The van der Waals surface area contributed by atoms with Gasteiger partial charge in [0.1, 0.15) is 5.75 Å². The van der Waals surface area contributed by atoms with E-state index in [2.05, 4.69) is 0 Å². The maximum atomic E-state index is 10.8. The molecule has 0 radical (unpaired) electrons. The smallest absolute Gasteiger partial charge is 0.166 e. The fourth-order valence-corrected chi connectivity index (χ4v) is 1.78. The summed E-state index contributed by atoms with van der Waals surface area (Å²) in [6.45, 7) is 0. The first-order valence-electron chi connectivity index (χ1n) is 4.72. The summed E-state index contributed by atoms with van der Waals surface area (Å²) in [4.78, 5) is 10.8. The molecule has 16 heavy (non-hydrogen) atoms. The topological polar surface area (TPSA) is 31.2 Å². The Hall–Kier alpha value is -1.74. The quantitative estimate of drug-likeness (QED) is 0.766. The molecule has 0 fully saturated rings. The van der Waals surface area contributed by atoms with Crippen LogP contribution in [0, 0.1) is 0 Å². The average Bonchev–Trinajstić information content (AvgIpc) is 2.77. The Bertz CT molecular complexity index is 519. The van der Waals surface area contributed by atoms with Crippen LogP contribution in [-0.4, -0.2) is 18.0 Å². The van der Waals surface area contributed by atoms with Crippen molar-refractivity contribution < 1.29 is 9.53 Å². The van der Waals surface area contributed by atoms with Crippen molar-refractivity contribution in [3.05, 3.63) is 47.2 Å². The van der Waals surface area contributed by atoms with Crippen molar-refractivity contribution in [1.82, 2.24) is 4.57 Å². The molecule has 3 nitrogen and oxygen atoms in total. The molecule has 0 spiro atoms. The number of hydrogen-bond donors (Lipinski definition) is 0. The molecule has 1 heterocycles. The molecule has 2 rings (SSSR count). The molecule has 0 amide bonds. The molecule has 0 unspecified atom stereocenters.